The van der Waals surface area contributed by atoms with Gasteiger partial charge in [0, 0.05) is 35.0 Å². The third-order valence-electron chi connectivity index (χ3n) is 5.23. The fraction of sp³-hybridized carbons (Fsp3) is 0.360. The molecule has 0 fully saturated rings. The lowest BCUT2D eigenvalue weighted by Crippen LogP contribution is -2.48. The van der Waals surface area contributed by atoms with Crippen LogP contribution in [0.4, 0.5) is 0 Å². The van der Waals surface area contributed by atoms with Crippen LogP contribution in [-0.2, 0) is 0 Å². The molecule has 0 radical (unpaired) electrons. The second-order valence-electron chi connectivity index (χ2n) is 7.29. The highest BCUT2D eigenvalue weighted by atomic mass is 32.1. The van der Waals surface area contributed by atoms with Crippen molar-refractivity contribution in [2.24, 2.45) is 0 Å². The van der Waals surface area contributed by atoms with Crippen LogP contribution < -0.4 is 14.8 Å². The Labute approximate surface area is 190 Å². The number of Topliss-reactive ketones (excluding diaryl/α,β-unsaturated/α-hetero) is 1. The molecule has 2 aromatic rings. The molecule has 31 heavy (non-hydrogen) atoms. The summed E-state index contributed by atoms with van der Waals surface area (Å²) in [6.07, 6.45) is 0.921. The van der Waals surface area contributed by atoms with Crippen LogP contribution in [0.3, 0.4) is 0 Å². The van der Waals surface area contributed by atoms with E-state index in [9.17, 15) is 4.79 Å². The molecule has 1 aliphatic rings. The summed E-state index contributed by atoms with van der Waals surface area (Å²) >= 11 is 5.68. The molecule has 1 N–H and O–H groups in total. The number of ether oxygens (including phenoxy) is 2. The van der Waals surface area contributed by atoms with E-state index in [2.05, 4.69) is 12.2 Å². The van der Waals surface area contributed by atoms with Crippen molar-refractivity contribution in [1.82, 2.24) is 10.2 Å². The summed E-state index contributed by atoms with van der Waals surface area (Å²) in [5.41, 5.74) is 3.07. The number of benzene rings is 2. The van der Waals surface area contributed by atoms with Crippen LogP contribution in [0.15, 0.2) is 59.8 Å². The smallest absolute Gasteiger partial charge is 0.193 e. The van der Waals surface area contributed by atoms with E-state index in [0.717, 1.165) is 30.0 Å². The van der Waals surface area contributed by atoms with Crippen LogP contribution in [-0.4, -0.2) is 35.6 Å². The van der Waals surface area contributed by atoms with Crippen molar-refractivity contribution in [2.75, 3.05) is 19.8 Å². The van der Waals surface area contributed by atoms with Gasteiger partial charge in [-0.1, -0.05) is 37.3 Å². The predicted molar refractivity (Wildman–Crippen MR) is 128 cm³/mol. The van der Waals surface area contributed by atoms with Gasteiger partial charge in [0.15, 0.2) is 10.9 Å². The molecular weight excluding hydrogens is 408 g/mol. The lowest BCUT2D eigenvalue weighted by atomic mass is 9.88. The van der Waals surface area contributed by atoms with E-state index in [0.29, 0.717) is 35.2 Å². The Morgan fingerprint density at radius 2 is 1.77 bits per heavy atom. The van der Waals surface area contributed by atoms with Gasteiger partial charge in [0.1, 0.15) is 11.5 Å². The summed E-state index contributed by atoms with van der Waals surface area (Å²) < 4.78 is 11.6. The van der Waals surface area contributed by atoms with E-state index in [1.807, 2.05) is 74.2 Å². The summed E-state index contributed by atoms with van der Waals surface area (Å²) in [7, 11) is 0. The lowest BCUT2D eigenvalue weighted by molar-refractivity contribution is 0.102. The third-order valence-corrected chi connectivity index (χ3v) is 5.57. The Bertz CT molecular complexity index is 972. The molecule has 0 saturated heterocycles. The van der Waals surface area contributed by atoms with Crippen LogP contribution in [0, 0.1) is 0 Å². The van der Waals surface area contributed by atoms with Gasteiger partial charge in [-0.25, -0.2) is 0 Å². The Morgan fingerprint density at radius 1 is 1.06 bits per heavy atom. The molecule has 0 saturated carbocycles. The maximum Gasteiger partial charge on any atom is 0.193 e. The topological polar surface area (TPSA) is 50.8 Å². The minimum atomic E-state index is -0.412. The zero-order valence-corrected chi connectivity index (χ0v) is 19.4. The standard InChI is InChI=1S/C25H30N2O3S/c1-5-15-27-17(4)22(24(28)18-11-9-8-10-12-18)23(26-25(27)31)20-14-13-19(29-6-2)16-21(20)30-7-3/h8-14,16,23H,5-7,15H2,1-4H3,(H,26,31). The molecule has 0 aromatic heterocycles. The molecule has 1 unspecified atom stereocenters. The fourth-order valence-corrected chi connectivity index (χ4v) is 4.18. The first-order valence-electron chi connectivity index (χ1n) is 10.8. The molecular formula is C25H30N2O3S. The zero-order valence-electron chi connectivity index (χ0n) is 18.6. The molecule has 1 atom stereocenters. The normalized spacial score (nSPS) is 16.2. The number of ketones is 1. The number of hydrogen-bond donors (Lipinski definition) is 1. The highest BCUT2D eigenvalue weighted by Crippen LogP contribution is 2.38. The Balaban J connectivity index is 2.15. The van der Waals surface area contributed by atoms with Crippen molar-refractivity contribution in [1.29, 1.82) is 0 Å². The summed E-state index contributed by atoms with van der Waals surface area (Å²) in [6.45, 7) is 9.78. The molecule has 1 aliphatic heterocycles. The fourth-order valence-electron chi connectivity index (χ4n) is 3.84. The minimum Gasteiger partial charge on any atom is -0.494 e. The maximum absolute atomic E-state index is 13.7. The van der Waals surface area contributed by atoms with E-state index >= 15 is 0 Å². The lowest BCUT2D eigenvalue weighted by Gasteiger charge is -2.38. The molecule has 164 valence electrons. The average molecular weight is 439 g/mol. The second-order valence-corrected chi connectivity index (χ2v) is 7.68. The molecule has 0 aliphatic carbocycles. The van der Waals surface area contributed by atoms with Crippen LogP contribution in [0.1, 0.15) is 56.1 Å². The molecule has 0 spiro atoms. The van der Waals surface area contributed by atoms with Crippen LogP contribution in [0.2, 0.25) is 0 Å². The number of thiocarbonyl (C=S) groups is 1. The van der Waals surface area contributed by atoms with Crippen LogP contribution in [0.25, 0.3) is 0 Å². The van der Waals surface area contributed by atoms with E-state index in [4.69, 9.17) is 21.7 Å². The number of hydrogen-bond acceptors (Lipinski definition) is 4. The van der Waals surface area contributed by atoms with Gasteiger partial charge in [-0.2, -0.15) is 0 Å². The molecule has 0 amide bonds. The summed E-state index contributed by atoms with van der Waals surface area (Å²) in [5, 5.41) is 4.02. The highest BCUT2D eigenvalue weighted by Gasteiger charge is 2.35. The number of allylic oxidation sites excluding steroid dienone is 1. The first-order valence-corrected chi connectivity index (χ1v) is 11.2. The second kappa shape index (κ2) is 10.4. The van der Waals surface area contributed by atoms with Crippen molar-refractivity contribution in [3.63, 3.8) is 0 Å². The molecule has 3 rings (SSSR count). The summed E-state index contributed by atoms with van der Waals surface area (Å²) in [5.74, 6) is 1.40. The molecule has 6 heteroatoms. The van der Waals surface area contributed by atoms with Gasteiger partial charge in [0.25, 0.3) is 0 Å². The van der Waals surface area contributed by atoms with Crippen LogP contribution >= 0.6 is 12.2 Å². The number of nitrogens with one attached hydrogen (secondary N) is 1. The number of nitrogens with zero attached hydrogens (tertiary/aromatic N) is 1. The largest absolute Gasteiger partial charge is 0.494 e. The number of carbonyl (C=O) groups excluding carboxylic acids is 1. The third kappa shape index (κ3) is 4.90. The Morgan fingerprint density at radius 3 is 2.42 bits per heavy atom. The first kappa shape index (κ1) is 22.8. The van der Waals surface area contributed by atoms with Gasteiger partial charge < -0.3 is 19.7 Å². The Kier molecular flexibility index (Phi) is 7.69. The van der Waals surface area contributed by atoms with Gasteiger partial charge in [-0.05, 0) is 51.5 Å². The van der Waals surface area contributed by atoms with E-state index in [-0.39, 0.29) is 5.78 Å². The number of carbonyl (C=O) groups is 1. The van der Waals surface area contributed by atoms with E-state index in [1.165, 1.54) is 0 Å². The predicted octanol–water partition coefficient (Wildman–Crippen LogP) is 5.28. The SMILES string of the molecule is CCCN1C(=S)NC(c2ccc(OCC)cc2OCC)C(C(=O)c2ccccc2)=C1C. The van der Waals surface area contributed by atoms with Crippen molar-refractivity contribution < 1.29 is 14.3 Å². The molecule has 2 aromatic carbocycles. The monoisotopic (exact) mass is 438 g/mol. The molecule has 5 nitrogen and oxygen atoms in total. The molecule has 0 bridgehead atoms. The summed E-state index contributed by atoms with van der Waals surface area (Å²) in [4.78, 5) is 15.7. The zero-order chi connectivity index (χ0) is 22.4. The Hall–Kier alpha value is -2.86. The first-order chi connectivity index (χ1) is 15.0. The minimum absolute atomic E-state index is 0.0180. The van der Waals surface area contributed by atoms with Crippen molar-refractivity contribution in [2.45, 2.75) is 40.2 Å². The van der Waals surface area contributed by atoms with Crippen LogP contribution in [0.5, 0.6) is 11.5 Å². The maximum atomic E-state index is 13.7. The highest BCUT2D eigenvalue weighted by molar-refractivity contribution is 7.80. The van der Waals surface area contributed by atoms with Gasteiger partial charge >= 0.3 is 0 Å². The van der Waals surface area contributed by atoms with Gasteiger partial charge in [0.05, 0.1) is 19.3 Å². The van der Waals surface area contributed by atoms with Gasteiger partial charge in [-0.15, -0.1) is 0 Å². The number of rotatable bonds is 9. The molecule has 1 heterocycles. The van der Waals surface area contributed by atoms with E-state index < -0.39 is 6.04 Å². The van der Waals surface area contributed by atoms with Crippen molar-refractivity contribution >= 4 is 23.1 Å². The van der Waals surface area contributed by atoms with Crippen molar-refractivity contribution in [3.05, 3.63) is 70.9 Å². The quantitative estimate of drug-likeness (QED) is 0.425. The average Bonchev–Trinajstić information content (AvgIpc) is 2.77. The summed E-state index contributed by atoms with van der Waals surface area (Å²) in [6, 6.07) is 14.7. The van der Waals surface area contributed by atoms with Gasteiger partial charge in [0.2, 0.25) is 0 Å². The van der Waals surface area contributed by atoms with E-state index in [1.54, 1.807) is 0 Å². The van der Waals surface area contributed by atoms with Crippen molar-refractivity contribution in [3.8, 4) is 11.5 Å². The van der Waals surface area contributed by atoms with Gasteiger partial charge in [-0.3, -0.25) is 4.79 Å².